The second-order valence-electron chi connectivity index (χ2n) is 4.28. The van der Waals surface area contributed by atoms with Crippen LogP contribution in [0.25, 0.3) is 11.0 Å². The van der Waals surface area contributed by atoms with Crippen LogP contribution in [0, 0.1) is 6.92 Å². The number of aliphatic hydroxyl groups is 1. The number of hydrogen-bond donors (Lipinski definition) is 1. The summed E-state index contributed by atoms with van der Waals surface area (Å²) in [4.78, 5) is 0. The molecule has 1 aromatic heterocycles. The van der Waals surface area contributed by atoms with E-state index in [4.69, 9.17) is 4.42 Å². The van der Waals surface area contributed by atoms with Crippen molar-refractivity contribution in [2.24, 2.45) is 0 Å². The normalized spacial score (nSPS) is 13.1. The lowest BCUT2D eigenvalue weighted by atomic mass is 10.2. The average Bonchev–Trinajstić information content (AvgIpc) is 2.72. The summed E-state index contributed by atoms with van der Waals surface area (Å²) in [6.45, 7) is 4.20. The van der Waals surface area contributed by atoms with Gasteiger partial charge in [-0.1, -0.05) is 18.6 Å². The molecule has 1 unspecified atom stereocenters. The number of thioether (sulfide) groups is 1. The molecule has 0 fully saturated rings. The minimum Gasteiger partial charge on any atom is -0.458 e. The molecule has 0 bridgehead atoms. The Kier molecular flexibility index (Phi) is 4.13. The highest BCUT2D eigenvalue weighted by Gasteiger charge is 2.13. The molecule has 2 rings (SSSR count). The Labute approximate surface area is 106 Å². The molecule has 17 heavy (non-hydrogen) atoms. The first-order chi connectivity index (χ1) is 8.20. The maximum atomic E-state index is 10.0. The summed E-state index contributed by atoms with van der Waals surface area (Å²) in [7, 11) is 0. The Morgan fingerprint density at radius 1 is 1.35 bits per heavy atom. The summed E-state index contributed by atoms with van der Waals surface area (Å²) < 4.78 is 5.65. The lowest BCUT2D eigenvalue weighted by Gasteiger charge is -2.05. The van der Waals surface area contributed by atoms with E-state index >= 15 is 0 Å². The van der Waals surface area contributed by atoms with Crippen molar-refractivity contribution < 1.29 is 9.52 Å². The molecule has 0 saturated heterocycles. The van der Waals surface area contributed by atoms with E-state index in [1.54, 1.807) is 11.8 Å². The molecule has 0 spiro atoms. The van der Waals surface area contributed by atoms with Gasteiger partial charge in [0.1, 0.15) is 17.4 Å². The van der Waals surface area contributed by atoms with Gasteiger partial charge in [0, 0.05) is 11.1 Å². The largest absolute Gasteiger partial charge is 0.458 e. The lowest BCUT2D eigenvalue weighted by molar-refractivity contribution is 0.177. The molecule has 92 valence electrons. The highest BCUT2D eigenvalue weighted by molar-refractivity contribution is 7.99. The Morgan fingerprint density at radius 2 is 2.18 bits per heavy atom. The fourth-order valence-electron chi connectivity index (χ4n) is 1.77. The summed E-state index contributed by atoms with van der Waals surface area (Å²) in [6.07, 6.45) is 0.635. The molecule has 1 N–H and O–H groups in total. The van der Waals surface area contributed by atoms with Crippen LogP contribution >= 0.6 is 11.8 Å². The van der Waals surface area contributed by atoms with Crippen LogP contribution in [0.3, 0.4) is 0 Å². The molecule has 3 heteroatoms. The van der Waals surface area contributed by atoms with Crippen LogP contribution in [-0.2, 0) is 0 Å². The van der Waals surface area contributed by atoms with Crippen molar-refractivity contribution in [2.45, 2.75) is 26.4 Å². The Bertz CT molecular complexity index is 490. The zero-order chi connectivity index (χ0) is 12.3. The van der Waals surface area contributed by atoms with E-state index in [-0.39, 0.29) is 0 Å². The summed E-state index contributed by atoms with van der Waals surface area (Å²) in [5, 5.41) is 11.1. The first-order valence-corrected chi connectivity index (χ1v) is 7.12. The molecule has 2 nitrogen and oxygen atoms in total. The molecule has 1 atom stereocenters. The third kappa shape index (κ3) is 3.05. The van der Waals surface area contributed by atoms with Gasteiger partial charge in [-0.3, -0.25) is 0 Å². The van der Waals surface area contributed by atoms with Crippen molar-refractivity contribution in [1.29, 1.82) is 0 Å². The molecule has 0 saturated carbocycles. The van der Waals surface area contributed by atoms with Gasteiger partial charge in [-0.05, 0) is 37.3 Å². The van der Waals surface area contributed by atoms with Gasteiger partial charge in [0.25, 0.3) is 0 Å². The van der Waals surface area contributed by atoms with E-state index in [1.807, 2.05) is 18.2 Å². The third-order valence-corrected chi connectivity index (χ3v) is 3.89. The predicted octanol–water partition coefficient (Wildman–Crippen LogP) is 3.92. The number of furan rings is 1. The standard InChI is InChI=1S/C14H18O2S/c1-3-6-17-9-12(15)14-8-11-7-10(2)4-5-13(11)16-14/h4-5,7-8,12,15H,3,6,9H2,1-2H3. The van der Waals surface area contributed by atoms with Crippen molar-refractivity contribution >= 4 is 22.7 Å². The fourth-order valence-corrected chi connectivity index (χ4v) is 2.61. The highest BCUT2D eigenvalue weighted by atomic mass is 32.2. The molecule has 0 radical (unpaired) electrons. The molecule has 1 heterocycles. The molecule has 0 aliphatic heterocycles. The average molecular weight is 250 g/mol. The van der Waals surface area contributed by atoms with Gasteiger partial charge in [0.05, 0.1) is 0 Å². The van der Waals surface area contributed by atoms with Gasteiger partial charge in [0.2, 0.25) is 0 Å². The molecular weight excluding hydrogens is 232 g/mol. The summed E-state index contributed by atoms with van der Waals surface area (Å²) in [6, 6.07) is 8.00. The van der Waals surface area contributed by atoms with Crippen LogP contribution in [-0.4, -0.2) is 16.6 Å². The first kappa shape index (κ1) is 12.5. The van der Waals surface area contributed by atoms with Gasteiger partial charge < -0.3 is 9.52 Å². The maximum Gasteiger partial charge on any atom is 0.134 e. The first-order valence-electron chi connectivity index (χ1n) is 5.96. The van der Waals surface area contributed by atoms with Crippen LogP contribution < -0.4 is 0 Å². The minimum absolute atomic E-state index is 0.501. The van der Waals surface area contributed by atoms with Crippen molar-refractivity contribution in [2.75, 3.05) is 11.5 Å². The number of aryl methyl sites for hydroxylation is 1. The van der Waals surface area contributed by atoms with E-state index in [0.717, 1.165) is 23.1 Å². The summed E-state index contributed by atoms with van der Waals surface area (Å²) in [5.41, 5.74) is 2.06. The van der Waals surface area contributed by atoms with Crippen LogP contribution in [0.2, 0.25) is 0 Å². The quantitative estimate of drug-likeness (QED) is 0.817. The lowest BCUT2D eigenvalue weighted by Crippen LogP contribution is -1.99. The van der Waals surface area contributed by atoms with E-state index in [2.05, 4.69) is 19.9 Å². The van der Waals surface area contributed by atoms with Crippen LogP contribution in [0.15, 0.2) is 28.7 Å². The summed E-state index contributed by atoms with van der Waals surface area (Å²) >= 11 is 1.76. The van der Waals surface area contributed by atoms with E-state index < -0.39 is 6.10 Å². The van der Waals surface area contributed by atoms with Crippen molar-refractivity contribution in [3.63, 3.8) is 0 Å². The Morgan fingerprint density at radius 3 is 2.94 bits per heavy atom. The Hall–Kier alpha value is -0.930. The maximum absolute atomic E-state index is 10.0. The second kappa shape index (κ2) is 5.61. The van der Waals surface area contributed by atoms with Crippen LogP contribution in [0.1, 0.15) is 30.8 Å². The van der Waals surface area contributed by atoms with E-state index in [9.17, 15) is 5.11 Å². The molecule has 1 aromatic carbocycles. The van der Waals surface area contributed by atoms with Gasteiger partial charge in [0.15, 0.2) is 0 Å². The van der Waals surface area contributed by atoms with Crippen molar-refractivity contribution in [3.05, 3.63) is 35.6 Å². The van der Waals surface area contributed by atoms with Gasteiger partial charge in [-0.15, -0.1) is 0 Å². The number of rotatable bonds is 5. The molecule has 0 aliphatic carbocycles. The SMILES string of the molecule is CCCSCC(O)c1cc2cc(C)ccc2o1. The van der Waals surface area contributed by atoms with Gasteiger partial charge >= 0.3 is 0 Å². The highest BCUT2D eigenvalue weighted by Crippen LogP contribution is 2.26. The second-order valence-corrected chi connectivity index (χ2v) is 5.43. The number of aliphatic hydroxyl groups excluding tert-OH is 1. The number of fused-ring (bicyclic) bond motifs is 1. The monoisotopic (exact) mass is 250 g/mol. The molecular formula is C14H18O2S. The van der Waals surface area contributed by atoms with Crippen molar-refractivity contribution in [1.82, 2.24) is 0 Å². The zero-order valence-electron chi connectivity index (χ0n) is 10.3. The molecule has 0 amide bonds. The smallest absolute Gasteiger partial charge is 0.134 e. The van der Waals surface area contributed by atoms with E-state index in [0.29, 0.717) is 11.5 Å². The topological polar surface area (TPSA) is 33.4 Å². The number of hydrogen-bond acceptors (Lipinski definition) is 3. The van der Waals surface area contributed by atoms with Crippen LogP contribution in [0.4, 0.5) is 0 Å². The number of benzene rings is 1. The fraction of sp³-hybridized carbons (Fsp3) is 0.429. The minimum atomic E-state index is -0.501. The molecule has 2 aromatic rings. The Balaban J connectivity index is 2.12. The van der Waals surface area contributed by atoms with Gasteiger partial charge in [-0.2, -0.15) is 11.8 Å². The predicted molar refractivity (Wildman–Crippen MR) is 73.5 cm³/mol. The van der Waals surface area contributed by atoms with Crippen molar-refractivity contribution in [3.8, 4) is 0 Å². The van der Waals surface area contributed by atoms with Gasteiger partial charge in [-0.25, -0.2) is 0 Å². The summed E-state index contributed by atoms with van der Waals surface area (Å²) in [5.74, 6) is 2.46. The molecule has 0 aliphatic rings. The zero-order valence-corrected chi connectivity index (χ0v) is 11.1. The van der Waals surface area contributed by atoms with E-state index in [1.165, 1.54) is 5.56 Å². The third-order valence-electron chi connectivity index (χ3n) is 2.64. The van der Waals surface area contributed by atoms with Crippen LogP contribution in [0.5, 0.6) is 0 Å².